The molecule has 1 aliphatic rings. The molecule has 1 fully saturated rings. The van der Waals surface area contributed by atoms with Crippen LogP contribution in [0.25, 0.3) is 0 Å². The molecule has 1 unspecified atom stereocenters. The summed E-state index contributed by atoms with van der Waals surface area (Å²) in [5, 5.41) is 8.66. The van der Waals surface area contributed by atoms with Crippen LogP contribution in [0.3, 0.4) is 0 Å². The molecule has 0 radical (unpaired) electrons. The van der Waals surface area contributed by atoms with Gasteiger partial charge in [0.05, 0.1) is 6.42 Å². The fourth-order valence-electron chi connectivity index (χ4n) is 2.28. The number of nitrogens with two attached hydrogens (primary N) is 1. The van der Waals surface area contributed by atoms with Crippen LogP contribution in [-0.4, -0.2) is 17.1 Å². The van der Waals surface area contributed by atoms with Gasteiger partial charge in [0.25, 0.3) is 0 Å². The minimum Gasteiger partial charge on any atom is -0.481 e. The highest BCUT2D eigenvalue weighted by Crippen LogP contribution is 2.25. The quantitative estimate of drug-likeness (QED) is 0.732. The minimum atomic E-state index is -0.764. The van der Waals surface area contributed by atoms with Crippen molar-refractivity contribution in [3.05, 3.63) is 0 Å². The fourth-order valence-corrected chi connectivity index (χ4v) is 2.28. The molecule has 1 saturated carbocycles. The Morgan fingerprint density at radius 2 is 1.71 bits per heavy atom. The summed E-state index contributed by atoms with van der Waals surface area (Å²) in [7, 11) is 0. The molecule has 0 bridgehead atoms. The Balaban J connectivity index is 2.34. The third-order valence-electron chi connectivity index (χ3n) is 3.17. The van der Waals surface area contributed by atoms with Crippen LogP contribution in [0.1, 0.15) is 51.4 Å². The molecule has 0 amide bonds. The third-order valence-corrected chi connectivity index (χ3v) is 3.17. The van der Waals surface area contributed by atoms with E-state index in [1.807, 2.05) is 0 Å². The summed E-state index contributed by atoms with van der Waals surface area (Å²) in [6.07, 6.45) is 8.72. The van der Waals surface area contributed by atoms with Crippen molar-refractivity contribution in [1.82, 2.24) is 0 Å². The molecule has 0 aromatic rings. The Morgan fingerprint density at radius 3 is 2.21 bits per heavy atom. The van der Waals surface area contributed by atoms with Crippen LogP contribution in [0.2, 0.25) is 0 Å². The predicted molar refractivity (Wildman–Crippen MR) is 56.0 cm³/mol. The monoisotopic (exact) mass is 199 g/mol. The van der Waals surface area contributed by atoms with Crippen LogP contribution in [0.4, 0.5) is 0 Å². The van der Waals surface area contributed by atoms with Crippen molar-refractivity contribution in [2.24, 2.45) is 11.7 Å². The first-order valence-electron chi connectivity index (χ1n) is 5.67. The van der Waals surface area contributed by atoms with Crippen LogP contribution < -0.4 is 5.73 Å². The van der Waals surface area contributed by atoms with Crippen LogP contribution in [0.15, 0.2) is 0 Å². The molecule has 0 aliphatic heterocycles. The van der Waals surface area contributed by atoms with Crippen molar-refractivity contribution in [2.75, 3.05) is 0 Å². The van der Waals surface area contributed by atoms with Gasteiger partial charge in [0.15, 0.2) is 0 Å². The lowest BCUT2D eigenvalue weighted by Gasteiger charge is -2.24. The van der Waals surface area contributed by atoms with E-state index in [-0.39, 0.29) is 12.5 Å². The first-order valence-corrected chi connectivity index (χ1v) is 5.67. The third kappa shape index (κ3) is 4.09. The van der Waals surface area contributed by atoms with Gasteiger partial charge in [-0.2, -0.15) is 0 Å². The second kappa shape index (κ2) is 6.02. The molecule has 0 heterocycles. The van der Waals surface area contributed by atoms with E-state index in [2.05, 4.69) is 0 Å². The van der Waals surface area contributed by atoms with Gasteiger partial charge in [-0.15, -0.1) is 0 Å². The largest absolute Gasteiger partial charge is 0.481 e. The van der Waals surface area contributed by atoms with Crippen LogP contribution in [0, 0.1) is 5.92 Å². The molecule has 82 valence electrons. The van der Waals surface area contributed by atoms with E-state index in [0.29, 0.717) is 5.92 Å². The van der Waals surface area contributed by atoms with E-state index in [4.69, 9.17) is 10.8 Å². The molecule has 1 aliphatic carbocycles. The standard InChI is InChI=1S/C11H21NO2/c12-10(8-11(13)14)9-6-4-2-1-3-5-7-9/h9-10H,1-8,12H2,(H,13,14). The molecule has 3 N–H and O–H groups in total. The topological polar surface area (TPSA) is 63.3 Å². The highest BCUT2D eigenvalue weighted by molar-refractivity contribution is 5.67. The zero-order chi connectivity index (χ0) is 10.4. The number of aliphatic carboxylic acids is 1. The summed E-state index contributed by atoms with van der Waals surface area (Å²) in [5.41, 5.74) is 5.89. The van der Waals surface area contributed by atoms with E-state index < -0.39 is 5.97 Å². The molecular formula is C11H21NO2. The van der Waals surface area contributed by atoms with Crippen molar-refractivity contribution in [1.29, 1.82) is 0 Å². The summed E-state index contributed by atoms with van der Waals surface area (Å²) < 4.78 is 0. The second-order valence-electron chi connectivity index (χ2n) is 4.37. The smallest absolute Gasteiger partial charge is 0.304 e. The SMILES string of the molecule is NC(CC(=O)O)C1CCCCCCC1. The first-order chi connectivity index (χ1) is 6.70. The summed E-state index contributed by atoms with van der Waals surface area (Å²) >= 11 is 0. The van der Waals surface area contributed by atoms with Gasteiger partial charge in [0.1, 0.15) is 0 Å². The lowest BCUT2D eigenvalue weighted by molar-refractivity contribution is -0.137. The Morgan fingerprint density at radius 1 is 1.21 bits per heavy atom. The van der Waals surface area contributed by atoms with E-state index in [9.17, 15) is 4.79 Å². The molecule has 0 aromatic carbocycles. The van der Waals surface area contributed by atoms with Gasteiger partial charge in [0, 0.05) is 6.04 Å². The molecule has 3 heteroatoms. The first kappa shape index (κ1) is 11.5. The highest BCUT2D eigenvalue weighted by Gasteiger charge is 2.20. The van der Waals surface area contributed by atoms with E-state index in [0.717, 1.165) is 12.8 Å². The molecule has 0 aromatic heterocycles. The lowest BCUT2D eigenvalue weighted by Crippen LogP contribution is -2.33. The van der Waals surface area contributed by atoms with Gasteiger partial charge in [-0.1, -0.05) is 32.1 Å². The van der Waals surface area contributed by atoms with E-state index in [1.165, 1.54) is 32.1 Å². The predicted octanol–water partition coefficient (Wildman–Crippen LogP) is 2.15. The fraction of sp³-hybridized carbons (Fsp3) is 0.909. The zero-order valence-corrected chi connectivity index (χ0v) is 8.74. The molecule has 1 atom stereocenters. The Hall–Kier alpha value is -0.570. The van der Waals surface area contributed by atoms with Gasteiger partial charge < -0.3 is 10.8 Å². The number of rotatable bonds is 3. The van der Waals surface area contributed by atoms with Crippen LogP contribution in [-0.2, 0) is 4.79 Å². The number of hydrogen-bond donors (Lipinski definition) is 2. The van der Waals surface area contributed by atoms with Crippen molar-refractivity contribution in [2.45, 2.75) is 57.4 Å². The van der Waals surface area contributed by atoms with E-state index >= 15 is 0 Å². The van der Waals surface area contributed by atoms with E-state index in [1.54, 1.807) is 0 Å². The lowest BCUT2D eigenvalue weighted by atomic mass is 9.85. The molecule has 0 spiro atoms. The zero-order valence-electron chi connectivity index (χ0n) is 8.74. The molecule has 0 saturated heterocycles. The average Bonchev–Trinajstić information content (AvgIpc) is 2.00. The second-order valence-corrected chi connectivity index (χ2v) is 4.37. The summed E-state index contributed by atoms with van der Waals surface area (Å²) in [6.45, 7) is 0. The number of carboxylic acids is 1. The molecule has 1 rings (SSSR count). The molecule has 3 nitrogen and oxygen atoms in total. The van der Waals surface area contributed by atoms with Gasteiger partial charge in [-0.25, -0.2) is 0 Å². The molecular weight excluding hydrogens is 178 g/mol. The average molecular weight is 199 g/mol. The van der Waals surface area contributed by atoms with Crippen molar-refractivity contribution in [3.63, 3.8) is 0 Å². The normalized spacial score (nSPS) is 22.4. The number of carboxylic acid groups (broad SMARTS) is 1. The maximum Gasteiger partial charge on any atom is 0.304 e. The van der Waals surface area contributed by atoms with Gasteiger partial charge in [0.2, 0.25) is 0 Å². The summed E-state index contributed by atoms with van der Waals surface area (Å²) in [5.74, 6) is -0.328. The van der Waals surface area contributed by atoms with Crippen LogP contribution >= 0.6 is 0 Å². The Labute approximate surface area is 85.7 Å². The number of hydrogen-bond acceptors (Lipinski definition) is 2. The summed E-state index contributed by atoms with van der Waals surface area (Å²) in [4.78, 5) is 10.5. The minimum absolute atomic E-state index is 0.130. The van der Waals surface area contributed by atoms with Gasteiger partial charge in [-0.05, 0) is 18.8 Å². The Kier molecular flexibility index (Phi) is 4.94. The maximum atomic E-state index is 10.5. The van der Waals surface area contributed by atoms with Crippen molar-refractivity contribution >= 4 is 5.97 Å². The highest BCUT2D eigenvalue weighted by atomic mass is 16.4. The van der Waals surface area contributed by atoms with Gasteiger partial charge in [-0.3, -0.25) is 4.79 Å². The number of carbonyl (C=O) groups is 1. The van der Waals surface area contributed by atoms with Gasteiger partial charge >= 0.3 is 5.97 Å². The maximum absolute atomic E-state index is 10.5. The van der Waals surface area contributed by atoms with Crippen LogP contribution in [0.5, 0.6) is 0 Å². The van der Waals surface area contributed by atoms with Crippen molar-refractivity contribution < 1.29 is 9.90 Å². The van der Waals surface area contributed by atoms with Crippen molar-refractivity contribution in [3.8, 4) is 0 Å². The molecule has 14 heavy (non-hydrogen) atoms. The summed E-state index contributed by atoms with van der Waals surface area (Å²) in [6, 6.07) is -0.134. The Bertz CT molecular complexity index is 174.